The fourth-order valence-corrected chi connectivity index (χ4v) is 3.58. The van der Waals surface area contributed by atoms with Gasteiger partial charge in [0.25, 0.3) is 5.91 Å². The summed E-state index contributed by atoms with van der Waals surface area (Å²) in [7, 11) is 0. The molecule has 0 bridgehead atoms. The van der Waals surface area contributed by atoms with Crippen LogP contribution in [-0.4, -0.2) is 24.2 Å². The molecule has 6 heteroatoms. The molecule has 1 amide bonds. The van der Waals surface area contributed by atoms with Gasteiger partial charge in [-0.2, -0.15) is 0 Å². The van der Waals surface area contributed by atoms with Gasteiger partial charge in [-0.25, -0.2) is 4.39 Å². The first kappa shape index (κ1) is 18.5. The monoisotopic (exact) mass is 373 g/mol. The molecule has 0 fully saturated rings. The number of nitrogens with one attached hydrogen (secondary N) is 1. The Bertz CT molecular complexity index is 792. The van der Waals surface area contributed by atoms with Crippen LogP contribution in [0.4, 0.5) is 4.39 Å². The lowest BCUT2D eigenvalue weighted by atomic mass is 10.1. The Kier molecular flexibility index (Phi) is 6.28. The molecule has 3 rings (SSSR count). The first-order valence-electron chi connectivity index (χ1n) is 8.51. The average Bonchev–Trinajstić information content (AvgIpc) is 3.12. The standard InChI is InChI=1S/C20H20FNO3S/c21-17-7-4-14(5-8-17)11-22-19(23)12-25-20(24)13-26-18-9-6-15-2-1-3-16(15)10-18/h4-10H,1-3,11-13H2,(H,22,23). The summed E-state index contributed by atoms with van der Waals surface area (Å²) < 4.78 is 17.8. The lowest BCUT2D eigenvalue weighted by molar-refractivity contribution is -0.145. The number of benzene rings is 2. The van der Waals surface area contributed by atoms with Crippen LogP contribution in [0.2, 0.25) is 0 Å². The van der Waals surface area contributed by atoms with Crippen molar-refractivity contribution in [3.05, 3.63) is 65.0 Å². The van der Waals surface area contributed by atoms with Gasteiger partial charge < -0.3 is 10.1 Å². The highest BCUT2D eigenvalue weighted by Gasteiger charge is 2.12. The van der Waals surface area contributed by atoms with Crippen LogP contribution in [0.25, 0.3) is 0 Å². The minimum Gasteiger partial charge on any atom is -0.455 e. The summed E-state index contributed by atoms with van der Waals surface area (Å²) in [6.07, 6.45) is 3.43. The first-order valence-corrected chi connectivity index (χ1v) is 9.50. The molecule has 0 saturated heterocycles. The van der Waals surface area contributed by atoms with Gasteiger partial charge in [0.2, 0.25) is 0 Å². The molecular formula is C20H20FNO3S. The van der Waals surface area contributed by atoms with Crippen molar-refractivity contribution in [2.75, 3.05) is 12.4 Å². The second kappa shape index (κ2) is 8.85. The molecule has 0 atom stereocenters. The van der Waals surface area contributed by atoms with E-state index in [9.17, 15) is 14.0 Å². The number of carbonyl (C=O) groups is 2. The van der Waals surface area contributed by atoms with E-state index in [1.54, 1.807) is 12.1 Å². The lowest BCUT2D eigenvalue weighted by Gasteiger charge is -2.07. The first-order chi connectivity index (χ1) is 12.6. The number of carbonyl (C=O) groups excluding carboxylic acids is 2. The Labute approximate surface area is 156 Å². The molecule has 0 aromatic heterocycles. The van der Waals surface area contributed by atoms with E-state index in [1.165, 1.54) is 41.4 Å². The van der Waals surface area contributed by atoms with Crippen molar-refractivity contribution in [2.24, 2.45) is 0 Å². The summed E-state index contributed by atoms with van der Waals surface area (Å²) in [4.78, 5) is 24.6. The zero-order chi connectivity index (χ0) is 18.4. The van der Waals surface area contributed by atoms with Crippen molar-refractivity contribution in [3.63, 3.8) is 0 Å². The topological polar surface area (TPSA) is 55.4 Å². The van der Waals surface area contributed by atoms with Gasteiger partial charge in [-0.15, -0.1) is 11.8 Å². The molecule has 0 radical (unpaired) electrons. The van der Waals surface area contributed by atoms with Crippen molar-refractivity contribution in [1.82, 2.24) is 5.32 Å². The van der Waals surface area contributed by atoms with Gasteiger partial charge in [0, 0.05) is 11.4 Å². The smallest absolute Gasteiger partial charge is 0.316 e. The largest absolute Gasteiger partial charge is 0.455 e. The van der Waals surface area contributed by atoms with Crippen molar-refractivity contribution in [1.29, 1.82) is 0 Å². The predicted octanol–water partition coefficient (Wildman–Crippen LogP) is 3.27. The van der Waals surface area contributed by atoms with Gasteiger partial charge in [0.05, 0.1) is 5.75 Å². The highest BCUT2D eigenvalue weighted by molar-refractivity contribution is 8.00. The predicted molar refractivity (Wildman–Crippen MR) is 98.4 cm³/mol. The number of hydrogen-bond donors (Lipinski definition) is 1. The van der Waals surface area contributed by atoms with E-state index >= 15 is 0 Å². The van der Waals surface area contributed by atoms with Crippen LogP contribution in [0.15, 0.2) is 47.4 Å². The maximum Gasteiger partial charge on any atom is 0.316 e. The van der Waals surface area contributed by atoms with E-state index in [-0.39, 0.29) is 30.6 Å². The van der Waals surface area contributed by atoms with Crippen LogP contribution in [-0.2, 0) is 33.7 Å². The number of fused-ring (bicyclic) bond motifs is 1. The quantitative estimate of drug-likeness (QED) is 0.598. The third-order valence-electron chi connectivity index (χ3n) is 4.19. The van der Waals surface area contributed by atoms with Gasteiger partial charge in [0.1, 0.15) is 5.82 Å². The van der Waals surface area contributed by atoms with E-state index in [0.29, 0.717) is 0 Å². The fourth-order valence-electron chi connectivity index (χ4n) is 2.82. The molecular weight excluding hydrogens is 353 g/mol. The maximum absolute atomic E-state index is 12.8. The summed E-state index contributed by atoms with van der Waals surface area (Å²) in [5.74, 6) is -0.961. The molecule has 1 N–H and O–H groups in total. The number of hydrogen-bond acceptors (Lipinski definition) is 4. The number of aryl methyl sites for hydroxylation is 2. The highest BCUT2D eigenvalue weighted by Crippen LogP contribution is 2.27. The van der Waals surface area contributed by atoms with E-state index in [1.807, 2.05) is 6.07 Å². The number of ether oxygens (including phenoxy) is 1. The molecule has 26 heavy (non-hydrogen) atoms. The zero-order valence-electron chi connectivity index (χ0n) is 14.3. The van der Waals surface area contributed by atoms with Crippen molar-refractivity contribution in [3.8, 4) is 0 Å². The second-order valence-electron chi connectivity index (χ2n) is 6.14. The third kappa shape index (κ3) is 5.33. The number of halogens is 1. The van der Waals surface area contributed by atoms with Crippen molar-refractivity contribution >= 4 is 23.6 Å². The number of thioether (sulfide) groups is 1. The number of esters is 1. The van der Waals surface area contributed by atoms with Crippen molar-refractivity contribution < 1.29 is 18.7 Å². The molecule has 136 valence electrons. The van der Waals surface area contributed by atoms with Crippen LogP contribution in [0, 0.1) is 5.82 Å². The summed E-state index contributed by atoms with van der Waals surface area (Å²) in [6, 6.07) is 12.1. The normalized spacial score (nSPS) is 12.5. The molecule has 0 heterocycles. The average molecular weight is 373 g/mol. The molecule has 1 aliphatic carbocycles. The van der Waals surface area contributed by atoms with Gasteiger partial charge in [-0.05, 0) is 60.2 Å². The van der Waals surface area contributed by atoms with Crippen LogP contribution >= 0.6 is 11.8 Å². The third-order valence-corrected chi connectivity index (χ3v) is 5.16. The number of rotatable bonds is 7. The second-order valence-corrected chi connectivity index (χ2v) is 7.19. The number of amides is 1. The minimum absolute atomic E-state index is 0.171. The molecule has 2 aromatic rings. The van der Waals surface area contributed by atoms with Gasteiger partial charge in [-0.3, -0.25) is 9.59 Å². The minimum atomic E-state index is -0.424. The molecule has 1 aliphatic rings. The molecule has 2 aromatic carbocycles. The Hall–Kier alpha value is -2.34. The SMILES string of the molecule is O=C(COC(=O)CSc1ccc2c(c1)CCC2)NCc1ccc(F)cc1. The van der Waals surface area contributed by atoms with Crippen LogP contribution < -0.4 is 5.32 Å². The van der Waals surface area contributed by atoms with Crippen LogP contribution in [0.5, 0.6) is 0 Å². The molecule has 0 unspecified atom stereocenters. The van der Waals surface area contributed by atoms with E-state index in [4.69, 9.17) is 4.74 Å². The van der Waals surface area contributed by atoms with Gasteiger partial charge >= 0.3 is 5.97 Å². The maximum atomic E-state index is 12.8. The Balaban J connectivity index is 1.35. The Morgan fingerprint density at radius 3 is 2.65 bits per heavy atom. The molecule has 0 saturated carbocycles. The summed E-state index contributed by atoms with van der Waals surface area (Å²) >= 11 is 1.42. The van der Waals surface area contributed by atoms with E-state index < -0.39 is 5.97 Å². The highest BCUT2D eigenvalue weighted by atomic mass is 32.2. The Morgan fingerprint density at radius 2 is 1.85 bits per heavy atom. The molecule has 0 aliphatic heterocycles. The van der Waals surface area contributed by atoms with Gasteiger partial charge in [-0.1, -0.05) is 18.2 Å². The van der Waals surface area contributed by atoms with E-state index in [2.05, 4.69) is 17.4 Å². The van der Waals surface area contributed by atoms with Crippen molar-refractivity contribution in [2.45, 2.75) is 30.7 Å². The van der Waals surface area contributed by atoms with E-state index in [0.717, 1.165) is 23.3 Å². The molecule has 0 spiro atoms. The van der Waals surface area contributed by atoms with Gasteiger partial charge in [0.15, 0.2) is 6.61 Å². The lowest BCUT2D eigenvalue weighted by Crippen LogP contribution is -2.28. The fraction of sp³-hybridized carbons (Fsp3) is 0.300. The molecule has 4 nitrogen and oxygen atoms in total. The Morgan fingerprint density at radius 1 is 1.08 bits per heavy atom. The zero-order valence-corrected chi connectivity index (χ0v) is 15.1. The summed E-state index contributed by atoms with van der Waals surface area (Å²) in [5, 5.41) is 2.63. The summed E-state index contributed by atoms with van der Waals surface area (Å²) in [5.41, 5.74) is 3.54. The summed E-state index contributed by atoms with van der Waals surface area (Å²) in [6.45, 7) is -0.0503. The van der Waals surface area contributed by atoms with Crippen LogP contribution in [0.1, 0.15) is 23.1 Å². The van der Waals surface area contributed by atoms with Crippen LogP contribution in [0.3, 0.4) is 0 Å².